The molecular formula is C19H30N4O2. The Kier molecular flexibility index (Phi) is 6.64. The highest BCUT2D eigenvalue weighted by Gasteiger charge is 2.19. The number of hydrogen-bond acceptors (Lipinski definition) is 5. The molecule has 25 heavy (non-hydrogen) atoms. The van der Waals surface area contributed by atoms with E-state index in [9.17, 15) is 4.79 Å². The lowest BCUT2D eigenvalue weighted by Crippen LogP contribution is -2.38. The van der Waals surface area contributed by atoms with Crippen molar-refractivity contribution in [1.82, 2.24) is 15.2 Å². The van der Waals surface area contributed by atoms with E-state index < -0.39 is 0 Å². The molecule has 138 valence electrons. The molecule has 0 aliphatic carbocycles. The van der Waals surface area contributed by atoms with Crippen LogP contribution in [-0.2, 0) is 4.74 Å². The Morgan fingerprint density at radius 3 is 2.96 bits per heavy atom. The second-order valence-electron chi connectivity index (χ2n) is 7.00. The summed E-state index contributed by atoms with van der Waals surface area (Å²) in [6.45, 7) is 8.62. The second kappa shape index (κ2) is 9.15. The molecule has 0 spiro atoms. The van der Waals surface area contributed by atoms with Gasteiger partial charge in [-0.1, -0.05) is 0 Å². The predicted octanol–water partition coefficient (Wildman–Crippen LogP) is 1.91. The van der Waals surface area contributed by atoms with Crippen LogP contribution in [0.15, 0.2) is 18.3 Å². The lowest BCUT2D eigenvalue weighted by molar-refractivity contribution is 0.0374. The van der Waals surface area contributed by atoms with Crippen LogP contribution in [-0.4, -0.2) is 67.8 Å². The first-order valence-electron chi connectivity index (χ1n) is 9.55. The molecule has 1 aromatic rings. The number of piperidine rings is 1. The highest BCUT2D eigenvalue weighted by Crippen LogP contribution is 2.24. The van der Waals surface area contributed by atoms with Gasteiger partial charge in [-0.25, -0.2) is 0 Å². The molecule has 1 amide bonds. The van der Waals surface area contributed by atoms with E-state index in [0.29, 0.717) is 18.3 Å². The highest BCUT2D eigenvalue weighted by atomic mass is 16.5. The summed E-state index contributed by atoms with van der Waals surface area (Å²) in [7, 11) is 0. The van der Waals surface area contributed by atoms with Gasteiger partial charge in [0.05, 0.1) is 13.2 Å². The van der Waals surface area contributed by atoms with Gasteiger partial charge in [0.15, 0.2) is 0 Å². The summed E-state index contributed by atoms with van der Waals surface area (Å²) < 4.78 is 5.35. The summed E-state index contributed by atoms with van der Waals surface area (Å²) in [5.74, 6) is -0.0755. The molecule has 1 unspecified atom stereocenters. The van der Waals surface area contributed by atoms with Gasteiger partial charge in [-0.3, -0.25) is 14.7 Å². The van der Waals surface area contributed by atoms with E-state index >= 15 is 0 Å². The third-order valence-electron chi connectivity index (χ3n) is 5.15. The van der Waals surface area contributed by atoms with E-state index in [1.807, 2.05) is 12.1 Å². The Balaban J connectivity index is 1.47. The summed E-state index contributed by atoms with van der Waals surface area (Å²) in [4.78, 5) is 21.4. The number of ether oxygens (including phenoxy) is 1. The number of anilines is 1. The smallest absolute Gasteiger partial charge is 0.269 e. The summed E-state index contributed by atoms with van der Waals surface area (Å²) in [5, 5.41) is 3.00. The molecule has 1 atom stereocenters. The Morgan fingerprint density at radius 1 is 1.32 bits per heavy atom. The first-order chi connectivity index (χ1) is 12.2. The van der Waals surface area contributed by atoms with Gasteiger partial charge in [-0.05, 0) is 51.3 Å². The lowest BCUT2D eigenvalue weighted by Gasteiger charge is -2.35. The molecule has 0 saturated carbocycles. The van der Waals surface area contributed by atoms with Gasteiger partial charge < -0.3 is 15.0 Å². The predicted molar refractivity (Wildman–Crippen MR) is 99.1 cm³/mol. The minimum absolute atomic E-state index is 0.0755. The van der Waals surface area contributed by atoms with Gasteiger partial charge in [-0.15, -0.1) is 0 Å². The van der Waals surface area contributed by atoms with Crippen LogP contribution in [0.3, 0.4) is 0 Å². The fourth-order valence-electron chi connectivity index (χ4n) is 3.62. The first kappa shape index (κ1) is 18.1. The molecule has 2 fully saturated rings. The van der Waals surface area contributed by atoms with Gasteiger partial charge in [0.25, 0.3) is 5.91 Å². The summed E-state index contributed by atoms with van der Waals surface area (Å²) in [5.41, 5.74) is 1.63. The second-order valence-corrected chi connectivity index (χ2v) is 7.00. The highest BCUT2D eigenvalue weighted by molar-refractivity contribution is 5.93. The van der Waals surface area contributed by atoms with E-state index in [2.05, 4.69) is 27.0 Å². The molecule has 1 aromatic heterocycles. The van der Waals surface area contributed by atoms with Gasteiger partial charge in [0, 0.05) is 44.1 Å². The van der Waals surface area contributed by atoms with Crippen LogP contribution in [0.4, 0.5) is 5.69 Å². The lowest BCUT2D eigenvalue weighted by atomic mass is 10.0. The zero-order chi connectivity index (χ0) is 17.5. The largest absolute Gasteiger partial charge is 0.379 e. The van der Waals surface area contributed by atoms with Crippen molar-refractivity contribution in [2.45, 2.75) is 38.6 Å². The number of aromatic nitrogens is 1. The van der Waals surface area contributed by atoms with Crippen LogP contribution >= 0.6 is 0 Å². The first-order valence-corrected chi connectivity index (χ1v) is 9.55. The molecule has 3 rings (SSSR count). The summed E-state index contributed by atoms with van der Waals surface area (Å²) >= 11 is 0. The fourth-order valence-corrected chi connectivity index (χ4v) is 3.62. The number of amides is 1. The SMILES string of the molecule is CC1CCCCN1c1ccnc(C(=O)NCCCN2CCOCC2)c1. The minimum atomic E-state index is -0.0755. The maximum Gasteiger partial charge on any atom is 0.269 e. The van der Waals surface area contributed by atoms with E-state index in [1.54, 1.807) is 6.20 Å². The van der Waals surface area contributed by atoms with Crippen molar-refractivity contribution in [3.05, 3.63) is 24.0 Å². The third kappa shape index (κ3) is 5.16. The molecular weight excluding hydrogens is 316 g/mol. The van der Waals surface area contributed by atoms with Crippen LogP contribution in [0, 0.1) is 0 Å². The van der Waals surface area contributed by atoms with Crippen LogP contribution in [0.1, 0.15) is 43.1 Å². The van der Waals surface area contributed by atoms with Crippen molar-refractivity contribution in [2.75, 3.05) is 50.8 Å². The average molecular weight is 346 g/mol. The van der Waals surface area contributed by atoms with Crippen LogP contribution < -0.4 is 10.2 Å². The molecule has 0 radical (unpaired) electrons. The standard InChI is InChI=1S/C19H30N4O2/c1-16-5-2-3-10-23(16)17-6-8-20-18(15-17)19(24)21-7-4-9-22-11-13-25-14-12-22/h6,8,15-16H,2-5,7,9-14H2,1H3,(H,21,24). The average Bonchev–Trinajstić information content (AvgIpc) is 2.66. The van der Waals surface area contributed by atoms with Crippen molar-refractivity contribution in [3.8, 4) is 0 Å². The Labute approximate surface area is 150 Å². The molecule has 0 aromatic carbocycles. The normalized spacial score (nSPS) is 22.0. The van der Waals surface area contributed by atoms with E-state index in [-0.39, 0.29) is 5.91 Å². The van der Waals surface area contributed by atoms with Crippen LogP contribution in [0.5, 0.6) is 0 Å². The van der Waals surface area contributed by atoms with Crippen LogP contribution in [0.25, 0.3) is 0 Å². The Morgan fingerprint density at radius 2 is 2.16 bits per heavy atom. The quantitative estimate of drug-likeness (QED) is 0.798. The zero-order valence-electron chi connectivity index (χ0n) is 15.2. The molecule has 2 saturated heterocycles. The number of hydrogen-bond donors (Lipinski definition) is 1. The van der Waals surface area contributed by atoms with Gasteiger partial charge >= 0.3 is 0 Å². The number of nitrogens with zero attached hydrogens (tertiary/aromatic N) is 3. The van der Waals surface area contributed by atoms with Crippen molar-refractivity contribution in [1.29, 1.82) is 0 Å². The Hall–Kier alpha value is -1.66. The maximum atomic E-state index is 12.4. The summed E-state index contributed by atoms with van der Waals surface area (Å²) in [6.07, 6.45) is 6.42. The monoisotopic (exact) mass is 346 g/mol. The van der Waals surface area contributed by atoms with Crippen molar-refractivity contribution >= 4 is 11.6 Å². The molecule has 6 nitrogen and oxygen atoms in total. The molecule has 3 heterocycles. The minimum Gasteiger partial charge on any atom is -0.379 e. The number of morpholine rings is 1. The Bertz CT molecular complexity index is 560. The number of carbonyl (C=O) groups is 1. The zero-order valence-corrected chi connectivity index (χ0v) is 15.2. The van der Waals surface area contributed by atoms with E-state index in [0.717, 1.165) is 51.5 Å². The van der Waals surface area contributed by atoms with E-state index in [4.69, 9.17) is 4.74 Å². The number of nitrogens with one attached hydrogen (secondary N) is 1. The van der Waals surface area contributed by atoms with Gasteiger partial charge in [0.1, 0.15) is 5.69 Å². The van der Waals surface area contributed by atoms with Crippen LogP contribution in [0.2, 0.25) is 0 Å². The molecule has 0 bridgehead atoms. The molecule has 6 heteroatoms. The molecule has 2 aliphatic heterocycles. The molecule has 1 N–H and O–H groups in total. The number of rotatable bonds is 6. The summed E-state index contributed by atoms with van der Waals surface area (Å²) in [6, 6.07) is 4.47. The topological polar surface area (TPSA) is 57.7 Å². The number of pyridine rings is 1. The maximum absolute atomic E-state index is 12.4. The third-order valence-corrected chi connectivity index (χ3v) is 5.15. The number of carbonyl (C=O) groups excluding carboxylic acids is 1. The van der Waals surface area contributed by atoms with Crippen molar-refractivity contribution < 1.29 is 9.53 Å². The molecule has 2 aliphatic rings. The van der Waals surface area contributed by atoms with E-state index in [1.165, 1.54) is 19.3 Å². The van der Waals surface area contributed by atoms with Gasteiger partial charge in [0.2, 0.25) is 0 Å². The van der Waals surface area contributed by atoms with Crippen molar-refractivity contribution in [3.63, 3.8) is 0 Å². The van der Waals surface area contributed by atoms with Crippen molar-refractivity contribution in [2.24, 2.45) is 0 Å². The van der Waals surface area contributed by atoms with Gasteiger partial charge in [-0.2, -0.15) is 0 Å². The fraction of sp³-hybridized carbons (Fsp3) is 0.684.